The third-order valence-electron chi connectivity index (χ3n) is 3.40. The molecule has 1 fully saturated rings. The van der Waals surface area contributed by atoms with Gasteiger partial charge in [-0.25, -0.2) is 0 Å². The van der Waals surface area contributed by atoms with E-state index in [0.29, 0.717) is 6.61 Å². The number of hydrogen-bond acceptors (Lipinski definition) is 4. The van der Waals surface area contributed by atoms with Crippen LogP contribution in [0.25, 0.3) is 0 Å². The van der Waals surface area contributed by atoms with Gasteiger partial charge in [0, 0.05) is 13.2 Å². The van der Waals surface area contributed by atoms with Crippen molar-refractivity contribution in [3.63, 3.8) is 0 Å². The van der Waals surface area contributed by atoms with E-state index in [1.807, 2.05) is 24.3 Å². The average Bonchev–Trinajstić information content (AvgIpc) is 2.52. The highest BCUT2D eigenvalue weighted by Gasteiger charge is 2.16. The molecule has 0 aliphatic carbocycles. The highest BCUT2D eigenvalue weighted by atomic mass is 16.5. The first-order valence-electron chi connectivity index (χ1n) is 7.39. The van der Waals surface area contributed by atoms with Crippen LogP contribution in [-0.4, -0.2) is 37.6 Å². The largest absolute Gasteiger partial charge is 0.494 e. The summed E-state index contributed by atoms with van der Waals surface area (Å²) in [6, 6.07) is 7.57. The quantitative estimate of drug-likeness (QED) is 0.834. The van der Waals surface area contributed by atoms with Crippen molar-refractivity contribution in [2.45, 2.75) is 38.4 Å². The molecular weight excluding hydrogens is 256 g/mol. The van der Waals surface area contributed by atoms with E-state index in [0.717, 1.165) is 50.4 Å². The number of benzene rings is 1. The van der Waals surface area contributed by atoms with Crippen LogP contribution in [0.3, 0.4) is 0 Å². The Bertz CT molecular complexity index is 371. The van der Waals surface area contributed by atoms with Gasteiger partial charge in [0.2, 0.25) is 0 Å². The Morgan fingerprint density at radius 1 is 1.25 bits per heavy atom. The summed E-state index contributed by atoms with van der Waals surface area (Å²) in [5.74, 6) is 0.841. The lowest BCUT2D eigenvalue weighted by Crippen LogP contribution is -2.25. The molecule has 1 unspecified atom stereocenters. The zero-order valence-corrected chi connectivity index (χ0v) is 12.1. The van der Waals surface area contributed by atoms with Crippen molar-refractivity contribution < 1.29 is 19.3 Å². The molecule has 0 saturated carbocycles. The van der Waals surface area contributed by atoms with Gasteiger partial charge in [-0.3, -0.25) is 0 Å². The first-order valence-corrected chi connectivity index (χ1v) is 7.39. The van der Waals surface area contributed by atoms with Crippen molar-refractivity contribution in [1.29, 1.82) is 0 Å². The van der Waals surface area contributed by atoms with Crippen LogP contribution in [0.15, 0.2) is 24.3 Å². The van der Waals surface area contributed by atoms with Gasteiger partial charge in [-0.1, -0.05) is 19.1 Å². The maximum Gasteiger partial charge on any atom is 0.119 e. The van der Waals surface area contributed by atoms with E-state index < -0.39 is 6.10 Å². The van der Waals surface area contributed by atoms with Gasteiger partial charge in [0.05, 0.1) is 19.3 Å². The molecule has 4 heteroatoms. The molecule has 2 rings (SSSR count). The van der Waals surface area contributed by atoms with E-state index >= 15 is 0 Å². The predicted molar refractivity (Wildman–Crippen MR) is 77.0 cm³/mol. The van der Waals surface area contributed by atoms with Gasteiger partial charge in [-0.05, 0) is 37.0 Å². The third-order valence-corrected chi connectivity index (χ3v) is 3.40. The Balaban J connectivity index is 1.77. The molecule has 0 bridgehead atoms. The molecule has 1 atom stereocenters. The molecule has 1 aliphatic heterocycles. The van der Waals surface area contributed by atoms with E-state index in [4.69, 9.17) is 14.2 Å². The van der Waals surface area contributed by atoms with Gasteiger partial charge in [-0.15, -0.1) is 0 Å². The Labute approximate surface area is 120 Å². The minimum Gasteiger partial charge on any atom is -0.494 e. The first kappa shape index (κ1) is 15.3. The fourth-order valence-electron chi connectivity index (χ4n) is 2.17. The summed E-state index contributed by atoms with van der Waals surface area (Å²) < 4.78 is 16.5. The zero-order chi connectivity index (χ0) is 14.2. The second kappa shape index (κ2) is 8.25. The van der Waals surface area contributed by atoms with Gasteiger partial charge in [0.25, 0.3) is 0 Å². The normalized spacial score (nSPS) is 17.9. The lowest BCUT2D eigenvalue weighted by atomic mass is 10.1. The van der Waals surface area contributed by atoms with Gasteiger partial charge >= 0.3 is 0 Å². The molecular formula is C16H24O4. The monoisotopic (exact) mass is 280 g/mol. The van der Waals surface area contributed by atoms with Crippen molar-refractivity contribution in [3.8, 4) is 5.75 Å². The fraction of sp³-hybridized carbons (Fsp3) is 0.625. The van der Waals surface area contributed by atoms with Gasteiger partial charge in [0.15, 0.2) is 0 Å². The van der Waals surface area contributed by atoms with Crippen LogP contribution in [0.4, 0.5) is 0 Å². The predicted octanol–water partition coefficient (Wildman–Crippen LogP) is 2.70. The summed E-state index contributed by atoms with van der Waals surface area (Å²) in [5, 5.41) is 10.1. The van der Waals surface area contributed by atoms with E-state index in [9.17, 15) is 5.11 Å². The Hall–Kier alpha value is -1.10. The molecule has 1 N–H and O–H groups in total. The number of aliphatic hydroxyl groups excluding tert-OH is 1. The lowest BCUT2D eigenvalue weighted by molar-refractivity contribution is -0.0598. The Kier molecular flexibility index (Phi) is 6.30. The summed E-state index contributed by atoms with van der Waals surface area (Å²) in [6.45, 7) is 4.63. The van der Waals surface area contributed by atoms with Crippen LogP contribution in [0.1, 0.15) is 37.9 Å². The summed E-state index contributed by atoms with van der Waals surface area (Å²) in [4.78, 5) is 0. The standard InChI is InChI=1S/C16H24O4/c1-2-9-19-14-5-3-13(4-6-14)16(17)12-20-15-7-10-18-11-8-15/h3-6,15-17H,2,7-12H2,1H3. The topological polar surface area (TPSA) is 47.9 Å². The van der Waals surface area contributed by atoms with Crippen LogP contribution in [0.2, 0.25) is 0 Å². The van der Waals surface area contributed by atoms with Gasteiger partial charge < -0.3 is 19.3 Å². The highest BCUT2D eigenvalue weighted by molar-refractivity contribution is 5.28. The number of rotatable bonds is 7. The smallest absolute Gasteiger partial charge is 0.119 e. The zero-order valence-electron chi connectivity index (χ0n) is 12.1. The van der Waals surface area contributed by atoms with Crippen LogP contribution in [0, 0.1) is 0 Å². The van der Waals surface area contributed by atoms with Gasteiger partial charge in [0.1, 0.15) is 11.9 Å². The summed E-state index contributed by atoms with van der Waals surface area (Å²) >= 11 is 0. The van der Waals surface area contributed by atoms with E-state index in [-0.39, 0.29) is 6.10 Å². The number of ether oxygens (including phenoxy) is 3. The minimum atomic E-state index is -0.585. The fourth-order valence-corrected chi connectivity index (χ4v) is 2.17. The van der Waals surface area contributed by atoms with Crippen molar-refractivity contribution in [3.05, 3.63) is 29.8 Å². The molecule has 1 aromatic rings. The number of hydrogen-bond donors (Lipinski definition) is 1. The van der Waals surface area contributed by atoms with Crippen LogP contribution < -0.4 is 4.74 Å². The molecule has 1 saturated heterocycles. The van der Waals surface area contributed by atoms with E-state index in [1.54, 1.807) is 0 Å². The van der Waals surface area contributed by atoms with Crippen molar-refractivity contribution in [2.24, 2.45) is 0 Å². The molecule has 0 spiro atoms. The Morgan fingerprint density at radius 2 is 1.95 bits per heavy atom. The van der Waals surface area contributed by atoms with Crippen molar-refractivity contribution in [2.75, 3.05) is 26.4 Å². The molecule has 1 aliphatic rings. The minimum absolute atomic E-state index is 0.213. The van der Waals surface area contributed by atoms with Gasteiger partial charge in [-0.2, -0.15) is 0 Å². The molecule has 0 radical (unpaired) electrons. The maximum absolute atomic E-state index is 10.1. The van der Waals surface area contributed by atoms with Crippen LogP contribution in [0.5, 0.6) is 5.75 Å². The molecule has 0 amide bonds. The first-order chi connectivity index (χ1) is 9.79. The SMILES string of the molecule is CCCOc1ccc(C(O)COC2CCOCC2)cc1. The third kappa shape index (κ3) is 4.78. The summed E-state index contributed by atoms with van der Waals surface area (Å²) in [7, 11) is 0. The summed E-state index contributed by atoms with van der Waals surface area (Å²) in [5.41, 5.74) is 0.862. The lowest BCUT2D eigenvalue weighted by Gasteiger charge is -2.23. The molecule has 0 aromatic heterocycles. The molecule has 4 nitrogen and oxygen atoms in total. The maximum atomic E-state index is 10.1. The number of aliphatic hydroxyl groups is 1. The van der Waals surface area contributed by atoms with E-state index in [1.165, 1.54) is 0 Å². The van der Waals surface area contributed by atoms with E-state index in [2.05, 4.69) is 6.92 Å². The van der Waals surface area contributed by atoms with Crippen LogP contribution >= 0.6 is 0 Å². The second-order valence-electron chi connectivity index (χ2n) is 5.08. The second-order valence-corrected chi connectivity index (χ2v) is 5.08. The highest BCUT2D eigenvalue weighted by Crippen LogP contribution is 2.20. The van der Waals surface area contributed by atoms with Crippen molar-refractivity contribution >= 4 is 0 Å². The summed E-state index contributed by atoms with van der Waals surface area (Å²) in [6.07, 6.45) is 2.44. The Morgan fingerprint density at radius 3 is 2.60 bits per heavy atom. The molecule has 112 valence electrons. The molecule has 1 aromatic carbocycles. The molecule has 20 heavy (non-hydrogen) atoms. The van der Waals surface area contributed by atoms with Crippen molar-refractivity contribution in [1.82, 2.24) is 0 Å². The molecule has 1 heterocycles. The van der Waals surface area contributed by atoms with Crippen LogP contribution in [-0.2, 0) is 9.47 Å². The average molecular weight is 280 g/mol.